The lowest BCUT2D eigenvalue weighted by molar-refractivity contribution is -0.142. The molecule has 1 aromatic carbocycles. The third-order valence-corrected chi connectivity index (χ3v) is 4.51. The predicted octanol–water partition coefficient (Wildman–Crippen LogP) is 1.82. The topological polar surface area (TPSA) is 70.1 Å². The van der Waals surface area contributed by atoms with Gasteiger partial charge in [-0.25, -0.2) is 0 Å². The maximum atomic E-state index is 12.9. The van der Waals surface area contributed by atoms with Gasteiger partial charge in [-0.15, -0.1) is 0 Å². The van der Waals surface area contributed by atoms with Crippen molar-refractivity contribution < 1.29 is 19.4 Å². The van der Waals surface area contributed by atoms with E-state index >= 15 is 0 Å². The van der Waals surface area contributed by atoms with E-state index in [1.165, 1.54) is 4.90 Å². The summed E-state index contributed by atoms with van der Waals surface area (Å²) in [5, 5.41) is 9.25. The lowest BCUT2D eigenvalue weighted by atomic mass is 9.99. The molecule has 0 aromatic heterocycles. The molecular formula is C19H28N2O4. The number of anilines is 1. The molecule has 2 rings (SSSR count). The highest BCUT2D eigenvalue weighted by Crippen LogP contribution is 2.21. The van der Waals surface area contributed by atoms with Gasteiger partial charge in [0.25, 0.3) is 0 Å². The Balaban J connectivity index is 2.09. The second-order valence-corrected chi connectivity index (χ2v) is 6.25. The van der Waals surface area contributed by atoms with Crippen LogP contribution in [0.5, 0.6) is 0 Å². The molecule has 6 heteroatoms. The number of esters is 1. The van der Waals surface area contributed by atoms with E-state index in [9.17, 15) is 14.7 Å². The van der Waals surface area contributed by atoms with Gasteiger partial charge >= 0.3 is 5.97 Å². The minimum Gasteiger partial charge on any atom is -0.465 e. The first-order valence-electron chi connectivity index (χ1n) is 9.01. The third-order valence-electron chi connectivity index (χ3n) is 4.51. The van der Waals surface area contributed by atoms with Crippen molar-refractivity contribution in [1.29, 1.82) is 0 Å². The van der Waals surface area contributed by atoms with Crippen LogP contribution in [-0.4, -0.2) is 60.8 Å². The highest BCUT2D eigenvalue weighted by molar-refractivity contribution is 5.98. The summed E-state index contributed by atoms with van der Waals surface area (Å²) in [4.78, 5) is 28.5. The molecule has 0 aliphatic carbocycles. The molecule has 1 atom stereocenters. The lowest BCUT2D eigenvalue weighted by Crippen LogP contribution is -2.48. The molecule has 25 heavy (non-hydrogen) atoms. The second kappa shape index (κ2) is 10.2. The number of piperidine rings is 1. The number of carbonyl (C=O) groups is 2. The minimum atomic E-state index is -0.412. The normalized spacial score (nSPS) is 17.9. The predicted molar refractivity (Wildman–Crippen MR) is 96.3 cm³/mol. The zero-order valence-corrected chi connectivity index (χ0v) is 14.9. The number of amides is 1. The van der Waals surface area contributed by atoms with Gasteiger partial charge in [0.05, 0.1) is 13.2 Å². The Bertz CT molecular complexity index is 548. The van der Waals surface area contributed by atoms with E-state index in [1.54, 1.807) is 6.92 Å². The fourth-order valence-electron chi connectivity index (χ4n) is 3.27. The zero-order valence-electron chi connectivity index (χ0n) is 14.9. The van der Waals surface area contributed by atoms with E-state index in [-0.39, 0.29) is 31.6 Å². The molecule has 6 nitrogen and oxygen atoms in total. The van der Waals surface area contributed by atoms with Crippen LogP contribution in [0.4, 0.5) is 5.69 Å². The van der Waals surface area contributed by atoms with Gasteiger partial charge in [0.15, 0.2) is 0 Å². The van der Waals surface area contributed by atoms with Crippen LogP contribution in [0.3, 0.4) is 0 Å². The fourth-order valence-corrected chi connectivity index (χ4v) is 3.27. The zero-order chi connectivity index (χ0) is 18.1. The Labute approximate surface area is 149 Å². The van der Waals surface area contributed by atoms with Gasteiger partial charge in [-0.3, -0.25) is 14.5 Å². The van der Waals surface area contributed by atoms with Gasteiger partial charge < -0.3 is 14.7 Å². The SMILES string of the molecule is CCOC(=O)CN(C(=O)CN1CCCCC1CCO)c1ccccc1. The number of benzene rings is 1. The van der Waals surface area contributed by atoms with Crippen molar-refractivity contribution in [2.24, 2.45) is 0 Å². The molecular weight excluding hydrogens is 320 g/mol. The summed E-state index contributed by atoms with van der Waals surface area (Å²) in [5.74, 6) is -0.533. The van der Waals surface area contributed by atoms with Crippen LogP contribution < -0.4 is 4.90 Å². The fraction of sp³-hybridized carbons (Fsp3) is 0.579. The number of carbonyl (C=O) groups excluding carboxylic acids is 2. The number of nitrogens with zero attached hydrogens (tertiary/aromatic N) is 2. The Kier molecular flexibility index (Phi) is 7.88. The Morgan fingerprint density at radius 2 is 2.04 bits per heavy atom. The first-order valence-corrected chi connectivity index (χ1v) is 9.01. The lowest BCUT2D eigenvalue weighted by Gasteiger charge is -2.36. The van der Waals surface area contributed by atoms with Crippen LogP contribution >= 0.6 is 0 Å². The number of ether oxygens (including phenoxy) is 1. The summed E-state index contributed by atoms with van der Waals surface area (Å²) in [7, 11) is 0. The minimum absolute atomic E-state index is 0.0881. The molecule has 1 aromatic rings. The Hall–Kier alpha value is -1.92. The van der Waals surface area contributed by atoms with E-state index in [0.29, 0.717) is 18.7 Å². The maximum Gasteiger partial charge on any atom is 0.326 e. The van der Waals surface area contributed by atoms with Gasteiger partial charge in [0, 0.05) is 18.3 Å². The number of likely N-dealkylation sites (tertiary alicyclic amines) is 1. The van der Waals surface area contributed by atoms with Crippen LogP contribution in [0, 0.1) is 0 Å². The van der Waals surface area contributed by atoms with E-state index in [2.05, 4.69) is 4.90 Å². The molecule has 1 saturated heterocycles. The molecule has 0 bridgehead atoms. The van der Waals surface area contributed by atoms with Crippen LogP contribution in [0.15, 0.2) is 30.3 Å². The largest absolute Gasteiger partial charge is 0.465 e. The quantitative estimate of drug-likeness (QED) is 0.726. The van der Waals surface area contributed by atoms with Crippen molar-refractivity contribution in [3.8, 4) is 0 Å². The number of rotatable bonds is 8. The Morgan fingerprint density at radius 3 is 2.72 bits per heavy atom. The number of para-hydroxylation sites is 1. The van der Waals surface area contributed by atoms with Gasteiger partial charge in [-0.05, 0) is 44.9 Å². The van der Waals surface area contributed by atoms with Crippen molar-refractivity contribution in [3.05, 3.63) is 30.3 Å². The first kappa shape index (κ1) is 19.4. The van der Waals surface area contributed by atoms with Crippen LogP contribution in [0.25, 0.3) is 0 Å². The average Bonchev–Trinajstić information content (AvgIpc) is 2.62. The summed E-state index contributed by atoms with van der Waals surface area (Å²) in [6, 6.07) is 9.42. The summed E-state index contributed by atoms with van der Waals surface area (Å²) in [6.07, 6.45) is 3.85. The molecule has 1 fully saturated rings. The van der Waals surface area contributed by atoms with Crippen molar-refractivity contribution in [3.63, 3.8) is 0 Å². The van der Waals surface area contributed by atoms with Gasteiger partial charge in [0.1, 0.15) is 6.54 Å². The summed E-state index contributed by atoms with van der Waals surface area (Å²) in [5.41, 5.74) is 0.691. The summed E-state index contributed by atoms with van der Waals surface area (Å²) in [6.45, 7) is 3.17. The van der Waals surface area contributed by atoms with Crippen LogP contribution in [-0.2, 0) is 14.3 Å². The average molecular weight is 348 g/mol. The molecule has 1 aliphatic rings. The molecule has 1 N–H and O–H groups in total. The van der Waals surface area contributed by atoms with Crippen molar-refractivity contribution in [2.75, 3.05) is 37.7 Å². The van der Waals surface area contributed by atoms with Crippen molar-refractivity contribution >= 4 is 17.6 Å². The monoisotopic (exact) mass is 348 g/mol. The standard InChI is InChI=1S/C19H28N2O4/c1-2-25-19(24)15-21(17-9-4-3-5-10-17)18(23)14-20-12-7-6-8-16(20)11-13-22/h3-5,9-10,16,22H,2,6-8,11-15H2,1H3. The Morgan fingerprint density at radius 1 is 1.28 bits per heavy atom. The van der Waals surface area contributed by atoms with E-state index in [4.69, 9.17) is 4.74 Å². The highest BCUT2D eigenvalue weighted by Gasteiger charge is 2.27. The number of hydrogen-bond acceptors (Lipinski definition) is 5. The second-order valence-electron chi connectivity index (χ2n) is 6.25. The molecule has 0 saturated carbocycles. The molecule has 1 unspecified atom stereocenters. The molecule has 1 aliphatic heterocycles. The van der Waals surface area contributed by atoms with E-state index in [0.717, 1.165) is 25.8 Å². The summed E-state index contributed by atoms with van der Waals surface area (Å²) < 4.78 is 5.01. The van der Waals surface area contributed by atoms with Crippen molar-refractivity contribution in [1.82, 2.24) is 4.90 Å². The van der Waals surface area contributed by atoms with Gasteiger partial charge in [-0.2, -0.15) is 0 Å². The third kappa shape index (κ3) is 5.83. The van der Waals surface area contributed by atoms with Gasteiger partial charge in [0.2, 0.25) is 5.91 Å². The molecule has 1 heterocycles. The molecule has 0 radical (unpaired) electrons. The molecule has 138 valence electrons. The van der Waals surface area contributed by atoms with Gasteiger partial charge in [-0.1, -0.05) is 24.6 Å². The number of aliphatic hydroxyl groups is 1. The van der Waals surface area contributed by atoms with Crippen molar-refractivity contribution in [2.45, 2.75) is 38.6 Å². The first-order chi connectivity index (χ1) is 12.2. The smallest absolute Gasteiger partial charge is 0.326 e. The molecule has 1 amide bonds. The van der Waals surface area contributed by atoms with E-state index < -0.39 is 5.97 Å². The van der Waals surface area contributed by atoms with E-state index in [1.807, 2.05) is 30.3 Å². The highest BCUT2D eigenvalue weighted by atomic mass is 16.5. The number of aliphatic hydroxyl groups excluding tert-OH is 1. The maximum absolute atomic E-state index is 12.9. The number of hydrogen-bond donors (Lipinski definition) is 1. The van der Waals surface area contributed by atoms with Crippen LogP contribution in [0.1, 0.15) is 32.6 Å². The summed E-state index contributed by atoms with van der Waals surface area (Å²) >= 11 is 0. The molecule has 0 spiro atoms. The van der Waals surface area contributed by atoms with Crippen LogP contribution in [0.2, 0.25) is 0 Å².